The van der Waals surface area contributed by atoms with Crippen molar-refractivity contribution in [3.8, 4) is 0 Å². The minimum absolute atomic E-state index is 0.282. The summed E-state index contributed by atoms with van der Waals surface area (Å²) < 4.78 is 30.6. The molecular weight excluding hydrogens is 276 g/mol. The second kappa shape index (κ2) is 5.29. The average Bonchev–Trinajstić information content (AvgIpc) is 2.25. The minimum Gasteiger partial charge on any atom is -0.478 e. The molecule has 1 rings (SSSR count). The first-order valence-corrected chi connectivity index (χ1v) is 6.44. The summed E-state index contributed by atoms with van der Waals surface area (Å²) in [5, 5.41) is 8.93. The van der Waals surface area contributed by atoms with Crippen LogP contribution in [0.4, 0.5) is 0 Å². The van der Waals surface area contributed by atoms with E-state index >= 15 is 0 Å². The van der Waals surface area contributed by atoms with Crippen LogP contribution in [-0.2, 0) is 14.9 Å². The zero-order chi connectivity index (χ0) is 14.8. The lowest BCUT2D eigenvalue weighted by molar-refractivity contribution is -0.116. The number of hydrogen-bond acceptors (Lipinski definition) is 5. The zero-order valence-electron chi connectivity index (χ0n) is 9.78. The van der Waals surface area contributed by atoms with Crippen molar-refractivity contribution in [2.24, 2.45) is 0 Å². The van der Waals surface area contributed by atoms with Crippen molar-refractivity contribution in [2.45, 2.75) is 18.2 Å². The summed E-state index contributed by atoms with van der Waals surface area (Å²) in [6.07, 6.45) is -0.481. The summed E-state index contributed by atoms with van der Waals surface area (Å²) in [5.74, 6) is -2.70. The van der Waals surface area contributed by atoms with Crippen LogP contribution in [0, 0.1) is 0 Å². The minimum atomic E-state index is -4.57. The lowest BCUT2D eigenvalue weighted by Crippen LogP contribution is -2.12. The highest BCUT2D eigenvalue weighted by molar-refractivity contribution is 7.85. The summed E-state index contributed by atoms with van der Waals surface area (Å²) in [6.45, 7) is 1.17. The highest BCUT2D eigenvalue weighted by Gasteiger charge is 2.21. The molecule has 0 aromatic heterocycles. The topological polar surface area (TPSA) is 126 Å². The maximum Gasteiger partial charge on any atom is 0.336 e. The van der Waals surface area contributed by atoms with Gasteiger partial charge in [0.1, 0.15) is 5.78 Å². The standard InChI is InChI=1S/C11H10O7S/c1-6(12)4-10(13)8-3-2-7(19(16,17)18)5-9(8)11(14)15/h2-3,5H,4H2,1H3,(H,14,15)(H,16,17,18). The van der Waals surface area contributed by atoms with Crippen molar-refractivity contribution in [1.29, 1.82) is 0 Å². The van der Waals surface area contributed by atoms with Crippen LogP contribution < -0.4 is 0 Å². The van der Waals surface area contributed by atoms with E-state index in [-0.39, 0.29) is 5.56 Å². The van der Waals surface area contributed by atoms with Crippen LogP contribution in [0.3, 0.4) is 0 Å². The monoisotopic (exact) mass is 286 g/mol. The van der Waals surface area contributed by atoms with Gasteiger partial charge in [-0.15, -0.1) is 0 Å². The molecule has 0 saturated carbocycles. The van der Waals surface area contributed by atoms with Gasteiger partial charge in [-0.2, -0.15) is 8.42 Å². The second-order valence-corrected chi connectivity index (χ2v) is 5.21. The van der Waals surface area contributed by atoms with Crippen LogP contribution in [0.15, 0.2) is 23.1 Å². The van der Waals surface area contributed by atoms with Gasteiger partial charge in [-0.25, -0.2) is 4.79 Å². The summed E-state index contributed by atoms with van der Waals surface area (Å²) in [5.41, 5.74) is -0.864. The Hall–Kier alpha value is -2.06. The largest absolute Gasteiger partial charge is 0.478 e. The molecule has 0 fully saturated rings. The number of rotatable bonds is 5. The Kier molecular flexibility index (Phi) is 4.17. The molecule has 0 aliphatic rings. The lowest BCUT2D eigenvalue weighted by Gasteiger charge is -2.06. The maximum atomic E-state index is 11.6. The molecular formula is C11H10O7S. The van der Waals surface area contributed by atoms with Gasteiger partial charge in [0.15, 0.2) is 5.78 Å². The molecule has 0 unspecified atom stereocenters. The van der Waals surface area contributed by atoms with Crippen molar-refractivity contribution in [3.05, 3.63) is 29.3 Å². The quantitative estimate of drug-likeness (QED) is 0.465. The van der Waals surface area contributed by atoms with E-state index in [9.17, 15) is 22.8 Å². The lowest BCUT2D eigenvalue weighted by atomic mass is 10.0. The molecule has 0 saturated heterocycles. The SMILES string of the molecule is CC(=O)CC(=O)c1ccc(S(=O)(=O)O)cc1C(=O)O. The van der Waals surface area contributed by atoms with E-state index in [1.165, 1.54) is 6.92 Å². The van der Waals surface area contributed by atoms with Crippen LogP contribution in [0.1, 0.15) is 34.1 Å². The van der Waals surface area contributed by atoms with E-state index in [1.54, 1.807) is 0 Å². The van der Waals surface area contributed by atoms with Gasteiger partial charge in [0, 0.05) is 5.56 Å². The van der Waals surface area contributed by atoms with Crippen LogP contribution >= 0.6 is 0 Å². The number of Topliss-reactive ketones (excluding diaryl/α,β-unsaturated/α-hetero) is 2. The second-order valence-electron chi connectivity index (χ2n) is 3.79. The number of ketones is 2. The molecule has 0 bridgehead atoms. The molecule has 0 aliphatic carbocycles. The number of carboxylic acids is 1. The molecule has 1 aromatic carbocycles. The van der Waals surface area contributed by atoms with E-state index in [1.807, 2.05) is 0 Å². The highest BCUT2D eigenvalue weighted by Crippen LogP contribution is 2.18. The fourth-order valence-electron chi connectivity index (χ4n) is 1.43. The molecule has 0 spiro atoms. The molecule has 0 atom stereocenters. The number of carbonyl (C=O) groups excluding carboxylic acids is 2. The van der Waals surface area contributed by atoms with Gasteiger partial charge in [-0.3, -0.25) is 14.1 Å². The van der Waals surface area contributed by atoms with Crippen LogP contribution in [0.2, 0.25) is 0 Å². The Morgan fingerprint density at radius 3 is 2.16 bits per heavy atom. The Labute approximate surface area is 108 Å². The summed E-state index contributed by atoms with van der Waals surface area (Å²) in [4.78, 5) is 32.8. The van der Waals surface area contributed by atoms with Gasteiger partial charge in [-0.05, 0) is 25.1 Å². The molecule has 1 aromatic rings. The van der Waals surface area contributed by atoms with Crippen molar-refractivity contribution in [2.75, 3.05) is 0 Å². The van der Waals surface area contributed by atoms with Crippen molar-refractivity contribution in [3.63, 3.8) is 0 Å². The maximum absolute atomic E-state index is 11.6. The van der Waals surface area contributed by atoms with Gasteiger partial charge < -0.3 is 5.11 Å². The van der Waals surface area contributed by atoms with Crippen molar-refractivity contribution >= 4 is 27.7 Å². The van der Waals surface area contributed by atoms with Gasteiger partial charge in [-0.1, -0.05) is 0 Å². The average molecular weight is 286 g/mol. The Bertz CT molecular complexity index is 658. The zero-order valence-corrected chi connectivity index (χ0v) is 10.6. The number of carbonyl (C=O) groups is 3. The number of hydrogen-bond donors (Lipinski definition) is 2. The molecule has 2 N–H and O–H groups in total. The fourth-order valence-corrected chi connectivity index (χ4v) is 1.93. The van der Waals surface area contributed by atoms with E-state index < -0.39 is 44.5 Å². The third-order valence-electron chi connectivity index (χ3n) is 2.23. The predicted octanol–water partition coefficient (Wildman–Crippen LogP) is 0.793. The Morgan fingerprint density at radius 1 is 1.16 bits per heavy atom. The van der Waals surface area contributed by atoms with Gasteiger partial charge in [0.25, 0.3) is 10.1 Å². The third-order valence-corrected chi connectivity index (χ3v) is 3.08. The Morgan fingerprint density at radius 2 is 1.74 bits per heavy atom. The predicted molar refractivity (Wildman–Crippen MR) is 62.8 cm³/mol. The van der Waals surface area contributed by atoms with Gasteiger partial charge in [0.05, 0.1) is 16.9 Å². The van der Waals surface area contributed by atoms with E-state index in [4.69, 9.17) is 9.66 Å². The Balaban J connectivity index is 3.39. The van der Waals surface area contributed by atoms with Crippen LogP contribution in [0.25, 0.3) is 0 Å². The number of carboxylic acid groups (broad SMARTS) is 1. The van der Waals surface area contributed by atoms with Gasteiger partial charge >= 0.3 is 5.97 Å². The van der Waals surface area contributed by atoms with E-state index in [2.05, 4.69) is 0 Å². The molecule has 0 radical (unpaired) electrons. The van der Waals surface area contributed by atoms with Gasteiger partial charge in [0.2, 0.25) is 0 Å². The smallest absolute Gasteiger partial charge is 0.336 e. The first kappa shape index (κ1) is 15.0. The summed E-state index contributed by atoms with van der Waals surface area (Å²) >= 11 is 0. The highest BCUT2D eigenvalue weighted by atomic mass is 32.2. The van der Waals surface area contributed by atoms with Crippen molar-refractivity contribution < 1.29 is 32.5 Å². The van der Waals surface area contributed by atoms with Crippen LogP contribution in [-0.4, -0.2) is 35.6 Å². The van der Waals surface area contributed by atoms with Crippen molar-refractivity contribution in [1.82, 2.24) is 0 Å². The molecule has 0 heterocycles. The first-order valence-electron chi connectivity index (χ1n) is 5.00. The molecule has 7 nitrogen and oxygen atoms in total. The molecule has 0 amide bonds. The van der Waals surface area contributed by atoms with E-state index in [0.29, 0.717) is 6.07 Å². The number of benzene rings is 1. The normalized spacial score (nSPS) is 11.1. The fraction of sp³-hybridized carbons (Fsp3) is 0.182. The third kappa shape index (κ3) is 3.70. The van der Waals surface area contributed by atoms with Crippen LogP contribution in [0.5, 0.6) is 0 Å². The summed E-state index contributed by atoms with van der Waals surface area (Å²) in [7, 11) is -4.57. The van der Waals surface area contributed by atoms with E-state index in [0.717, 1.165) is 12.1 Å². The molecule has 8 heteroatoms. The molecule has 19 heavy (non-hydrogen) atoms. The first-order chi connectivity index (χ1) is 8.62. The molecule has 0 aliphatic heterocycles. The molecule has 102 valence electrons. The summed E-state index contributed by atoms with van der Waals surface area (Å²) in [6, 6.07) is 2.53. The number of aromatic carboxylic acids is 1.